The molecule has 4 heteroatoms. The normalized spacial score (nSPS) is 8.55. The fourth-order valence-corrected chi connectivity index (χ4v) is 0.600. The summed E-state index contributed by atoms with van der Waals surface area (Å²) in [5, 5.41) is 8.28. The van der Waals surface area contributed by atoms with E-state index in [0.29, 0.717) is 6.54 Å². The van der Waals surface area contributed by atoms with Crippen molar-refractivity contribution >= 4 is 6.03 Å². The number of nitrogens with zero attached hydrogens (tertiary/aromatic N) is 3. The maximum absolute atomic E-state index is 11.2. The van der Waals surface area contributed by atoms with Gasteiger partial charge < -0.3 is 9.80 Å². The van der Waals surface area contributed by atoms with Crippen molar-refractivity contribution in [2.45, 2.75) is 6.92 Å². The van der Waals surface area contributed by atoms with Gasteiger partial charge in [0.05, 0.1) is 6.07 Å². The van der Waals surface area contributed by atoms with Crippen LogP contribution in [0.2, 0.25) is 0 Å². The second-order valence-corrected chi connectivity index (χ2v) is 2.31. The van der Waals surface area contributed by atoms with Crippen molar-refractivity contribution in [2.24, 2.45) is 0 Å². The SMILES string of the molecule is CCN(C)C(=O)N(C)CC#N. The second kappa shape index (κ2) is 4.56. The molecule has 0 aliphatic heterocycles. The van der Waals surface area contributed by atoms with Gasteiger partial charge in [0.2, 0.25) is 0 Å². The topological polar surface area (TPSA) is 47.3 Å². The van der Waals surface area contributed by atoms with Gasteiger partial charge in [-0.15, -0.1) is 0 Å². The highest BCUT2D eigenvalue weighted by atomic mass is 16.2. The standard InChI is InChI=1S/C7H13N3O/c1-4-9(2)7(11)10(3)6-5-8/h4,6H2,1-3H3. The molecule has 0 radical (unpaired) electrons. The summed E-state index contributed by atoms with van der Waals surface area (Å²) in [4.78, 5) is 14.1. The summed E-state index contributed by atoms with van der Waals surface area (Å²) < 4.78 is 0. The van der Waals surface area contributed by atoms with Gasteiger partial charge in [0, 0.05) is 20.6 Å². The number of amides is 2. The molecule has 0 N–H and O–H groups in total. The van der Waals surface area contributed by atoms with Crippen LogP contribution in [0.4, 0.5) is 4.79 Å². The lowest BCUT2D eigenvalue weighted by Gasteiger charge is -2.21. The molecular formula is C7H13N3O. The number of hydrogen-bond acceptors (Lipinski definition) is 2. The van der Waals surface area contributed by atoms with Crippen molar-refractivity contribution in [3.63, 3.8) is 0 Å². The molecule has 0 aromatic carbocycles. The first-order chi connectivity index (χ1) is 5.13. The van der Waals surface area contributed by atoms with Gasteiger partial charge >= 0.3 is 6.03 Å². The van der Waals surface area contributed by atoms with Gasteiger partial charge in [0.25, 0.3) is 0 Å². The number of nitriles is 1. The Hall–Kier alpha value is -1.24. The average molecular weight is 155 g/mol. The number of hydrogen-bond donors (Lipinski definition) is 0. The van der Waals surface area contributed by atoms with Crippen LogP contribution in [-0.2, 0) is 0 Å². The molecule has 2 amide bonds. The van der Waals surface area contributed by atoms with E-state index in [1.165, 1.54) is 4.90 Å². The third kappa shape index (κ3) is 2.89. The molecule has 0 saturated heterocycles. The van der Waals surface area contributed by atoms with Crippen LogP contribution in [0.15, 0.2) is 0 Å². The van der Waals surface area contributed by atoms with E-state index >= 15 is 0 Å². The lowest BCUT2D eigenvalue weighted by Crippen LogP contribution is -2.38. The van der Waals surface area contributed by atoms with Crippen molar-refractivity contribution in [1.29, 1.82) is 5.26 Å². The predicted octanol–water partition coefficient (Wildman–Crippen LogP) is 0.513. The van der Waals surface area contributed by atoms with E-state index in [1.807, 2.05) is 13.0 Å². The largest absolute Gasteiger partial charge is 0.328 e. The zero-order chi connectivity index (χ0) is 8.85. The number of carbonyl (C=O) groups is 1. The Morgan fingerprint density at radius 3 is 2.36 bits per heavy atom. The molecule has 62 valence electrons. The van der Waals surface area contributed by atoms with Gasteiger partial charge in [-0.25, -0.2) is 4.79 Å². The fourth-order valence-electron chi connectivity index (χ4n) is 0.600. The van der Waals surface area contributed by atoms with E-state index in [4.69, 9.17) is 5.26 Å². The first-order valence-corrected chi connectivity index (χ1v) is 3.46. The monoisotopic (exact) mass is 155 g/mol. The molecule has 0 heterocycles. The number of rotatable bonds is 2. The molecular weight excluding hydrogens is 142 g/mol. The summed E-state index contributed by atoms with van der Waals surface area (Å²) in [6, 6.07) is 1.79. The molecule has 0 rings (SSSR count). The quantitative estimate of drug-likeness (QED) is 0.545. The van der Waals surface area contributed by atoms with Crippen LogP contribution < -0.4 is 0 Å². The first-order valence-electron chi connectivity index (χ1n) is 3.46. The third-order valence-corrected chi connectivity index (χ3v) is 1.44. The van der Waals surface area contributed by atoms with Gasteiger partial charge in [0.15, 0.2) is 0 Å². The molecule has 4 nitrogen and oxygen atoms in total. The van der Waals surface area contributed by atoms with Gasteiger partial charge in [-0.1, -0.05) is 0 Å². The Morgan fingerprint density at radius 1 is 1.45 bits per heavy atom. The number of carbonyl (C=O) groups excluding carboxylic acids is 1. The molecule has 11 heavy (non-hydrogen) atoms. The maximum Gasteiger partial charge on any atom is 0.320 e. The van der Waals surface area contributed by atoms with Gasteiger partial charge in [-0.2, -0.15) is 5.26 Å². The molecule has 0 aliphatic rings. The minimum absolute atomic E-state index is 0.117. The summed E-state index contributed by atoms with van der Waals surface area (Å²) in [6.45, 7) is 2.69. The van der Waals surface area contributed by atoms with Crippen molar-refractivity contribution in [1.82, 2.24) is 9.80 Å². The van der Waals surface area contributed by atoms with Crippen LogP contribution in [0.3, 0.4) is 0 Å². The smallest absolute Gasteiger partial charge is 0.320 e. The van der Waals surface area contributed by atoms with Crippen LogP contribution in [0.25, 0.3) is 0 Å². The zero-order valence-electron chi connectivity index (χ0n) is 7.16. The molecule has 0 aromatic heterocycles. The Balaban J connectivity index is 3.93. The lowest BCUT2D eigenvalue weighted by atomic mass is 10.5. The van der Waals surface area contributed by atoms with Crippen molar-refractivity contribution in [2.75, 3.05) is 27.2 Å². The van der Waals surface area contributed by atoms with E-state index in [0.717, 1.165) is 0 Å². The van der Waals surface area contributed by atoms with Crippen LogP contribution in [0, 0.1) is 11.3 Å². The van der Waals surface area contributed by atoms with Crippen LogP contribution >= 0.6 is 0 Å². The Bertz CT molecular complexity index is 173. The molecule has 0 aliphatic carbocycles. The van der Waals surface area contributed by atoms with E-state index in [9.17, 15) is 4.79 Å². The minimum Gasteiger partial charge on any atom is -0.328 e. The fraction of sp³-hybridized carbons (Fsp3) is 0.714. The van der Waals surface area contributed by atoms with Crippen molar-refractivity contribution in [3.05, 3.63) is 0 Å². The molecule has 0 unspecified atom stereocenters. The van der Waals surface area contributed by atoms with E-state index in [2.05, 4.69) is 0 Å². The summed E-state index contributed by atoms with van der Waals surface area (Å²) in [5.74, 6) is 0. The summed E-state index contributed by atoms with van der Waals surface area (Å²) in [5.41, 5.74) is 0. The molecule has 0 spiro atoms. The van der Waals surface area contributed by atoms with Crippen LogP contribution in [0.5, 0.6) is 0 Å². The van der Waals surface area contributed by atoms with Crippen molar-refractivity contribution in [3.8, 4) is 6.07 Å². The highest BCUT2D eigenvalue weighted by molar-refractivity contribution is 5.73. The Morgan fingerprint density at radius 2 is 2.00 bits per heavy atom. The Labute approximate surface area is 67.0 Å². The highest BCUT2D eigenvalue weighted by Crippen LogP contribution is 1.91. The maximum atomic E-state index is 11.2. The third-order valence-electron chi connectivity index (χ3n) is 1.44. The molecule has 0 atom stereocenters. The summed E-state index contributed by atoms with van der Waals surface area (Å²) >= 11 is 0. The van der Waals surface area contributed by atoms with Crippen molar-refractivity contribution < 1.29 is 4.79 Å². The summed E-state index contributed by atoms with van der Waals surface area (Å²) in [6.07, 6.45) is 0. The number of urea groups is 1. The summed E-state index contributed by atoms with van der Waals surface area (Å²) in [7, 11) is 3.31. The molecule has 0 saturated carbocycles. The van der Waals surface area contributed by atoms with E-state index < -0.39 is 0 Å². The van der Waals surface area contributed by atoms with Gasteiger partial charge in [-0.05, 0) is 6.92 Å². The molecule has 0 fully saturated rings. The first kappa shape index (κ1) is 9.76. The van der Waals surface area contributed by atoms with Gasteiger partial charge in [-0.3, -0.25) is 0 Å². The van der Waals surface area contributed by atoms with Gasteiger partial charge in [0.1, 0.15) is 6.54 Å². The minimum atomic E-state index is -0.117. The highest BCUT2D eigenvalue weighted by Gasteiger charge is 2.10. The van der Waals surface area contributed by atoms with E-state index in [1.54, 1.807) is 19.0 Å². The van der Waals surface area contributed by atoms with Crippen LogP contribution in [0.1, 0.15) is 6.92 Å². The molecule has 0 bridgehead atoms. The molecule has 0 aromatic rings. The Kier molecular flexibility index (Phi) is 4.04. The lowest BCUT2D eigenvalue weighted by molar-refractivity contribution is 0.180. The second-order valence-electron chi connectivity index (χ2n) is 2.31. The zero-order valence-corrected chi connectivity index (χ0v) is 7.16. The average Bonchev–Trinajstić information content (AvgIpc) is 2.02. The predicted molar refractivity (Wildman–Crippen MR) is 41.9 cm³/mol. The van der Waals surface area contributed by atoms with Crippen LogP contribution in [-0.4, -0.2) is 43.0 Å². The van der Waals surface area contributed by atoms with E-state index in [-0.39, 0.29) is 12.6 Å².